The van der Waals surface area contributed by atoms with Gasteiger partial charge in [0, 0.05) is 30.2 Å². The normalized spacial score (nSPS) is 18.4. The molecule has 1 saturated heterocycles. The second-order valence-corrected chi connectivity index (χ2v) is 6.31. The van der Waals surface area contributed by atoms with Gasteiger partial charge in [0.1, 0.15) is 6.10 Å². The fourth-order valence-corrected chi connectivity index (χ4v) is 2.92. The van der Waals surface area contributed by atoms with Crippen LogP contribution in [0.5, 0.6) is 0 Å². The van der Waals surface area contributed by atoms with Crippen molar-refractivity contribution in [2.75, 3.05) is 26.2 Å². The highest BCUT2D eigenvalue weighted by Crippen LogP contribution is 2.23. The number of hydrogen-bond donors (Lipinski definition) is 2. The van der Waals surface area contributed by atoms with Gasteiger partial charge < -0.3 is 15.3 Å². The number of nitrogens with zero attached hydrogens (tertiary/aromatic N) is 2. The number of guanidine groups is 1. The summed E-state index contributed by atoms with van der Waals surface area (Å²) in [4.78, 5) is 6.88. The van der Waals surface area contributed by atoms with E-state index in [9.17, 15) is 5.11 Å². The number of halogens is 1. The van der Waals surface area contributed by atoms with Crippen LogP contribution in [0.2, 0.25) is 5.02 Å². The Morgan fingerprint density at radius 2 is 2.09 bits per heavy atom. The molecule has 0 aromatic heterocycles. The van der Waals surface area contributed by atoms with Gasteiger partial charge in [0.25, 0.3) is 0 Å². The topological polar surface area (TPSA) is 47.9 Å². The monoisotopic (exact) mass is 323 g/mol. The van der Waals surface area contributed by atoms with E-state index in [1.54, 1.807) is 6.07 Å². The van der Waals surface area contributed by atoms with Crippen LogP contribution in [0.1, 0.15) is 38.4 Å². The Morgan fingerprint density at radius 1 is 1.41 bits per heavy atom. The number of aliphatic imine (C=N–C) groups is 1. The molecule has 1 aromatic rings. The predicted molar refractivity (Wildman–Crippen MR) is 92.4 cm³/mol. The zero-order valence-corrected chi connectivity index (χ0v) is 14.2. The number of benzene rings is 1. The van der Waals surface area contributed by atoms with E-state index in [0.29, 0.717) is 11.6 Å². The van der Waals surface area contributed by atoms with Gasteiger partial charge in [0.15, 0.2) is 5.96 Å². The summed E-state index contributed by atoms with van der Waals surface area (Å²) >= 11 is 6.13. The van der Waals surface area contributed by atoms with Crippen LogP contribution in [0.3, 0.4) is 0 Å². The molecule has 0 radical (unpaired) electrons. The predicted octanol–water partition coefficient (Wildman–Crippen LogP) is 3.07. The van der Waals surface area contributed by atoms with Crippen molar-refractivity contribution >= 4 is 17.6 Å². The third-order valence-electron chi connectivity index (χ3n) is 4.10. The van der Waals surface area contributed by atoms with Gasteiger partial charge in [-0.05, 0) is 31.7 Å². The third kappa shape index (κ3) is 4.62. The minimum absolute atomic E-state index is 0.318. The number of rotatable bonds is 4. The number of hydrogen-bond acceptors (Lipinski definition) is 2. The second kappa shape index (κ2) is 8.39. The van der Waals surface area contributed by atoms with Crippen LogP contribution in [0.15, 0.2) is 29.3 Å². The van der Waals surface area contributed by atoms with Gasteiger partial charge in [-0.25, -0.2) is 0 Å². The molecule has 4 nitrogen and oxygen atoms in total. The van der Waals surface area contributed by atoms with Crippen LogP contribution in [-0.2, 0) is 0 Å². The first-order valence-corrected chi connectivity index (χ1v) is 8.45. The lowest BCUT2D eigenvalue weighted by atomic mass is 9.99. The van der Waals surface area contributed by atoms with Gasteiger partial charge in [0.2, 0.25) is 0 Å². The van der Waals surface area contributed by atoms with Crippen molar-refractivity contribution in [1.82, 2.24) is 10.2 Å². The molecule has 1 aliphatic heterocycles. The zero-order valence-electron chi connectivity index (χ0n) is 13.4. The average molecular weight is 324 g/mol. The molecule has 1 aliphatic rings. The summed E-state index contributed by atoms with van der Waals surface area (Å²) in [5.74, 6) is 1.67. The Morgan fingerprint density at radius 3 is 2.73 bits per heavy atom. The van der Waals surface area contributed by atoms with Gasteiger partial charge in [-0.2, -0.15) is 0 Å². The molecule has 2 rings (SSSR count). The molecule has 1 atom stereocenters. The van der Waals surface area contributed by atoms with Crippen LogP contribution in [0, 0.1) is 5.92 Å². The molecule has 1 heterocycles. The van der Waals surface area contributed by atoms with E-state index in [4.69, 9.17) is 11.6 Å². The average Bonchev–Trinajstić information content (AvgIpc) is 2.52. The van der Waals surface area contributed by atoms with Crippen LogP contribution in [-0.4, -0.2) is 42.1 Å². The number of likely N-dealkylation sites (tertiary alicyclic amines) is 1. The number of nitrogens with one attached hydrogen (secondary N) is 1. The number of aliphatic hydroxyl groups is 1. The molecule has 0 saturated carbocycles. The summed E-state index contributed by atoms with van der Waals surface area (Å²) in [6, 6.07) is 7.38. The number of aliphatic hydroxyl groups excluding tert-OH is 1. The molecule has 0 bridgehead atoms. The Balaban J connectivity index is 2.02. The highest BCUT2D eigenvalue weighted by Gasteiger charge is 2.19. The van der Waals surface area contributed by atoms with Gasteiger partial charge >= 0.3 is 0 Å². The molecule has 1 aromatic carbocycles. The minimum atomic E-state index is -0.675. The molecular formula is C17H26ClN3O. The van der Waals surface area contributed by atoms with E-state index >= 15 is 0 Å². The number of piperidine rings is 1. The molecular weight excluding hydrogens is 298 g/mol. The van der Waals surface area contributed by atoms with Crippen LogP contribution >= 0.6 is 11.6 Å². The molecule has 1 unspecified atom stereocenters. The third-order valence-corrected chi connectivity index (χ3v) is 4.44. The summed E-state index contributed by atoms with van der Waals surface area (Å²) in [5.41, 5.74) is 0.732. The van der Waals surface area contributed by atoms with Crippen LogP contribution in [0.25, 0.3) is 0 Å². The Labute approximate surface area is 138 Å². The van der Waals surface area contributed by atoms with Crippen LogP contribution in [0.4, 0.5) is 0 Å². The van der Waals surface area contributed by atoms with E-state index in [2.05, 4.69) is 29.1 Å². The fraction of sp³-hybridized carbons (Fsp3) is 0.588. The SMILES string of the molecule is CCNC(=NCC(O)c1ccccc1Cl)N1CCC(C)CC1. The smallest absolute Gasteiger partial charge is 0.194 e. The van der Waals surface area contributed by atoms with Crippen molar-refractivity contribution in [3.8, 4) is 0 Å². The van der Waals surface area contributed by atoms with Gasteiger partial charge in [-0.15, -0.1) is 0 Å². The maximum absolute atomic E-state index is 10.3. The van der Waals surface area contributed by atoms with Crippen molar-refractivity contribution in [1.29, 1.82) is 0 Å². The van der Waals surface area contributed by atoms with Gasteiger partial charge in [0.05, 0.1) is 6.54 Å². The standard InChI is InChI=1S/C17H26ClN3O/c1-3-19-17(21-10-8-13(2)9-11-21)20-12-16(22)14-6-4-5-7-15(14)18/h4-7,13,16,22H,3,8-12H2,1-2H3,(H,19,20). The molecule has 122 valence electrons. The van der Waals surface area contributed by atoms with Gasteiger partial charge in [-0.1, -0.05) is 36.7 Å². The Hall–Kier alpha value is -1.26. The maximum atomic E-state index is 10.3. The molecule has 5 heteroatoms. The summed E-state index contributed by atoms with van der Waals surface area (Å²) in [7, 11) is 0. The first-order chi connectivity index (χ1) is 10.6. The summed E-state index contributed by atoms with van der Waals surface area (Å²) < 4.78 is 0. The Bertz CT molecular complexity index is 498. The molecule has 1 fully saturated rings. The summed E-state index contributed by atoms with van der Waals surface area (Å²) in [6.45, 7) is 7.55. The largest absolute Gasteiger partial charge is 0.386 e. The minimum Gasteiger partial charge on any atom is -0.386 e. The van der Waals surface area contributed by atoms with Crippen molar-refractivity contribution < 1.29 is 5.11 Å². The van der Waals surface area contributed by atoms with Crippen molar-refractivity contribution in [3.05, 3.63) is 34.9 Å². The van der Waals surface area contributed by atoms with Crippen molar-refractivity contribution in [2.24, 2.45) is 10.9 Å². The molecule has 0 amide bonds. The van der Waals surface area contributed by atoms with E-state index in [-0.39, 0.29) is 0 Å². The fourth-order valence-electron chi connectivity index (χ4n) is 2.66. The lowest BCUT2D eigenvalue weighted by Crippen LogP contribution is -2.45. The van der Waals surface area contributed by atoms with E-state index < -0.39 is 6.10 Å². The van der Waals surface area contributed by atoms with E-state index in [1.165, 1.54) is 12.8 Å². The first kappa shape index (κ1) is 17.1. The second-order valence-electron chi connectivity index (χ2n) is 5.90. The summed E-state index contributed by atoms with van der Waals surface area (Å²) in [5, 5.41) is 14.2. The summed E-state index contributed by atoms with van der Waals surface area (Å²) in [6.07, 6.45) is 1.71. The molecule has 22 heavy (non-hydrogen) atoms. The highest BCUT2D eigenvalue weighted by molar-refractivity contribution is 6.31. The highest BCUT2D eigenvalue weighted by atomic mass is 35.5. The lowest BCUT2D eigenvalue weighted by Gasteiger charge is -2.33. The first-order valence-electron chi connectivity index (χ1n) is 8.07. The van der Waals surface area contributed by atoms with E-state index in [0.717, 1.165) is 37.1 Å². The van der Waals surface area contributed by atoms with Crippen LogP contribution < -0.4 is 5.32 Å². The zero-order chi connectivity index (χ0) is 15.9. The quantitative estimate of drug-likeness (QED) is 0.661. The Kier molecular flexibility index (Phi) is 6.52. The maximum Gasteiger partial charge on any atom is 0.194 e. The van der Waals surface area contributed by atoms with Crippen molar-refractivity contribution in [3.63, 3.8) is 0 Å². The molecule has 0 spiro atoms. The lowest BCUT2D eigenvalue weighted by molar-refractivity contribution is 0.186. The van der Waals surface area contributed by atoms with Crippen molar-refractivity contribution in [2.45, 2.75) is 32.8 Å². The molecule has 0 aliphatic carbocycles. The molecule has 2 N–H and O–H groups in total. The van der Waals surface area contributed by atoms with E-state index in [1.807, 2.05) is 18.2 Å². The van der Waals surface area contributed by atoms with Gasteiger partial charge in [-0.3, -0.25) is 4.99 Å².